The Kier molecular flexibility index (Phi) is 7.19. The normalized spacial score (nSPS) is 10.6. The zero-order chi connectivity index (χ0) is 21.7. The number of benzene rings is 2. The number of amides is 1. The summed E-state index contributed by atoms with van der Waals surface area (Å²) in [4.78, 5) is 11.6. The lowest BCUT2D eigenvalue weighted by Gasteiger charge is -2.15. The zero-order valence-corrected chi connectivity index (χ0v) is 18.9. The van der Waals surface area contributed by atoms with E-state index in [1.165, 1.54) is 11.8 Å². The van der Waals surface area contributed by atoms with Crippen molar-refractivity contribution in [2.75, 3.05) is 27.1 Å². The van der Waals surface area contributed by atoms with Crippen LogP contribution in [-0.2, 0) is 4.79 Å². The fourth-order valence-electron chi connectivity index (χ4n) is 2.76. The quantitative estimate of drug-likeness (QED) is 0.213. The molecule has 0 fully saturated rings. The Morgan fingerprint density at radius 1 is 1.10 bits per heavy atom. The van der Waals surface area contributed by atoms with Gasteiger partial charge in [0, 0.05) is 15.7 Å². The molecular weight excluding hydrogens is 474 g/mol. The van der Waals surface area contributed by atoms with Crippen LogP contribution in [-0.4, -0.2) is 47.8 Å². The third-order valence-electron chi connectivity index (χ3n) is 4.13. The molecule has 0 atom stereocenters. The molecule has 11 heteroatoms. The summed E-state index contributed by atoms with van der Waals surface area (Å²) in [5, 5.41) is 9.17. The average molecular weight is 494 g/mol. The molecule has 0 saturated heterocycles. The Morgan fingerprint density at radius 2 is 1.73 bits per heavy atom. The number of hydrogen-bond acceptors (Lipinski definition) is 8. The second kappa shape index (κ2) is 9.83. The minimum atomic E-state index is -0.320. The monoisotopic (exact) mass is 493 g/mol. The number of carbonyl (C=O) groups excluding carboxylic acids is 1. The summed E-state index contributed by atoms with van der Waals surface area (Å²) in [5.74, 6) is 6.98. The number of methoxy groups -OCH3 is 3. The van der Waals surface area contributed by atoms with E-state index in [9.17, 15) is 4.79 Å². The van der Waals surface area contributed by atoms with Crippen LogP contribution in [0.2, 0.25) is 0 Å². The topological polar surface area (TPSA) is 114 Å². The highest BCUT2D eigenvalue weighted by molar-refractivity contribution is 9.10. The number of nitrogens with two attached hydrogens (primary N) is 1. The van der Waals surface area contributed by atoms with Crippen molar-refractivity contribution in [1.29, 1.82) is 0 Å². The molecule has 0 unspecified atom stereocenters. The predicted octanol–water partition coefficient (Wildman–Crippen LogP) is 2.80. The molecule has 158 valence electrons. The van der Waals surface area contributed by atoms with E-state index in [0.717, 1.165) is 10.2 Å². The highest BCUT2D eigenvalue weighted by atomic mass is 79.9. The number of thioether (sulfide) groups is 1. The summed E-state index contributed by atoms with van der Waals surface area (Å²) in [6, 6.07) is 11.2. The molecular formula is C19H20BrN5O4S. The lowest BCUT2D eigenvalue weighted by Crippen LogP contribution is -2.31. The third kappa shape index (κ3) is 4.53. The van der Waals surface area contributed by atoms with Crippen molar-refractivity contribution >= 4 is 33.6 Å². The van der Waals surface area contributed by atoms with E-state index in [0.29, 0.717) is 33.8 Å². The summed E-state index contributed by atoms with van der Waals surface area (Å²) in [6.45, 7) is 0. The van der Waals surface area contributed by atoms with Gasteiger partial charge in [0.25, 0.3) is 0 Å². The lowest BCUT2D eigenvalue weighted by molar-refractivity contribution is -0.118. The van der Waals surface area contributed by atoms with Crippen LogP contribution in [0.5, 0.6) is 17.2 Å². The summed E-state index contributed by atoms with van der Waals surface area (Å²) in [7, 11) is 4.64. The molecule has 30 heavy (non-hydrogen) atoms. The molecule has 1 aromatic heterocycles. The highest BCUT2D eigenvalue weighted by Crippen LogP contribution is 2.41. The average Bonchev–Trinajstić information content (AvgIpc) is 3.20. The van der Waals surface area contributed by atoms with Crippen molar-refractivity contribution in [2.24, 2.45) is 5.84 Å². The minimum Gasteiger partial charge on any atom is -0.493 e. The first-order valence-electron chi connectivity index (χ1n) is 8.66. The summed E-state index contributed by atoms with van der Waals surface area (Å²) in [6.07, 6.45) is 0. The van der Waals surface area contributed by atoms with Crippen molar-refractivity contribution < 1.29 is 19.0 Å². The Labute approximate surface area is 186 Å². The molecule has 9 nitrogen and oxygen atoms in total. The smallest absolute Gasteiger partial charge is 0.244 e. The van der Waals surface area contributed by atoms with Crippen LogP contribution in [0.15, 0.2) is 46.0 Å². The largest absolute Gasteiger partial charge is 0.493 e. The van der Waals surface area contributed by atoms with Crippen LogP contribution in [0.25, 0.3) is 17.1 Å². The molecule has 3 rings (SSSR count). The number of hydrogen-bond donors (Lipinski definition) is 2. The van der Waals surface area contributed by atoms with Crippen LogP contribution in [0, 0.1) is 0 Å². The standard InChI is InChI=1S/C19H20BrN5O4S/c1-27-14-8-11(9-15(28-2)17(14)29-3)18-23-24-19(30-10-16(26)22-21)25(18)13-6-4-12(20)5-7-13/h4-9H,10,21H2,1-3H3,(H,22,26). The highest BCUT2D eigenvalue weighted by Gasteiger charge is 2.21. The number of carbonyl (C=O) groups is 1. The van der Waals surface area contributed by atoms with Gasteiger partial charge in [-0.3, -0.25) is 14.8 Å². The maximum atomic E-state index is 11.6. The third-order valence-corrected chi connectivity index (χ3v) is 5.59. The molecule has 0 spiro atoms. The van der Waals surface area contributed by atoms with Gasteiger partial charge in [0.05, 0.1) is 27.1 Å². The molecule has 0 aliphatic heterocycles. The molecule has 0 saturated carbocycles. The van der Waals surface area contributed by atoms with Crippen LogP contribution in [0.1, 0.15) is 0 Å². The molecule has 0 bridgehead atoms. The second-order valence-corrected chi connectivity index (χ2v) is 7.75. The molecule has 1 heterocycles. The van der Waals surface area contributed by atoms with Crippen molar-refractivity contribution in [2.45, 2.75) is 5.16 Å². The van der Waals surface area contributed by atoms with Crippen molar-refractivity contribution in [3.8, 4) is 34.3 Å². The van der Waals surface area contributed by atoms with Gasteiger partial charge in [-0.05, 0) is 36.4 Å². The van der Waals surface area contributed by atoms with E-state index in [1.807, 2.05) is 28.8 Å². The second-order valence-electron chi connectivity index (χ2n) is 5.89. The van der Waals surface area contributed by atoms with E-state index in [-0.39, 0.29) is 11.7 Å². The number of hydrazine groups is 1. The van der Waals surface area contributed by atoms with Gasteiger partial charge in [0.1, 0.15) is 0 Å². The molecule has 3 aromatic rings. The van der Waals surface area contributed by atoms with Gasteiger partial charge in [0.2, 0.25) is 11.7 Å². The van der Waals surface area contributed by atoms with Gasteiger partial charge in [-0.15, -0.1) is 10.2 Å². The molecule has 0 aliphatic carbocycles. The summed E-state index contributed by atoms with van der Waals surface area (Å²) >= 11 is 4.66. The zero-order valence-electron chi connectivity index (χ0n) is 16.5. The maximum absolute atomic E-state index is 11.6. The number of rotatable bonds is 8. The van der Waals surface area contributed by atoms with Crippen LogP contribution >= 0.6 is 27.7 Å². The summed E-state index contributed by atoms with van der Waals surface area (Å²) in [5.41, 5.74) is 3.64. The van der Waals surface area contributed by atoms with Gasteiger partial charge >= 0.3 is 0 Å². The minimum absolute atomic E-state index is 0.0976. The van der Waals surface area contributed by atoms with E-state index < -0.39 is 0 Å². The van der Waals surface area contributed by atoms with Gasteiger partial charge in [-0.25, -0.2) is 5.84 Å². The maximum Gasteiger partial charge on any atom is 0.244 e. The van der Waals surface area contributed by atoms with Gasteiger partial charge in [0.15, 0.2) is 22.5 Å². The van der Waals surface area contributed by atoms with Crippen molar-refractivity contribution in [3.63, 3.8) is 0 Å². The first kappa shape index (κ1) is 21.9. The lowest BCUT2D eigenvalue weighted by atomic mass is 10.1. The van der Waals surface area contributed by atoms with Gasteiger partial charge in [-0.2, -0.15) is 0 Å². The Balaban J connectivity index is 2.16. The van der Waals surface area contributed by atoms with Crippen molar-refractivity contribution in [3.05, 3.63) is 40.9 Å². The van der Waals surface area contributed by atoms with Crippen molar-refractivity contribution in [1.82, 2.24) is 20.2 Å². The number of halogens is 1. The number of aromatic nitrogens is 3. The SMILES string of the molecule is COc1cc(-c2nnc(SCC(=O)NN)n2-c2ccc(Br)cc2)cc(OC)c1OC. The molecule has 3 N–H and O–H groups in total. The van der Waals surface area contributed by atoms with E-state index >= 15 is 0 Å². The van der Waals surface area contributed by atoms with E-state index in [1.54, 1.807) is 33.5 Å². The fourth-order valence-corrected chi connectivity index (χ4v) is 3.78. The fraction of sp³-hybridized carbons (Fsp3) is 0.211. The predicted molar refractivity (Wildman–Crippen MR) is 117 cm³/mol. The Bertz CT molecular complexity index is 1020. The number of ether oxygens (including phenoxy) is 3. The molecule has 1 amide bonds. The van der Waals surface area contributed by atoms with Crippen LogP contribution in [0.3, 0.4) is 0 Å². The first-order valence-corrected chi connectivity index (χ1v) is 10.4. The number of nitrogens with zero attached hydrogens (tertiary/aromatic N) is 3. The molecule has 2 aromatic carbocycles. The molecule has 0 aliphatic rings. The van der Waals surface area contributed by atoms with Gasteiger partial charge in [-0.1, -0.05) is 27.7 Å². The Hall–Kier alpha value is -2.76. The number of nitrogens with one attached hydrogen (secondary N) is 1. The van der Waals surface area contributed by atoms with Gasteiger partial charge < -0.3 is 14.2 Å². The molecule has 0 radical (unpaired) electrons. The van der Waals surface area contributed by atoms with E-state index in [4.69, 9.17) is 20.1 Å². The first-order chi connectivity index (χ1) is 14.5. The van der Waals surface area contributed by atoms with E-state index in [2.05, 4.69) is 31.6 Å². The van der Waals surface area contributed by atoms with Crippen LogP contribution in [0.4, 0.5) is 0 Å². The van der Waals surface area contributed by atoms with Crippen LogP contribution < -0.4 is 25.5 Å². The summed E-state index contributed by atoms with van der Waals surface area (Å²) < 4.78 is 19.1. The Morgan fingerprint density at radius 3 is 2.27 bits per heavy atom.